The normalized spacial score (nSPS) is 11.0. The Morgan fingerprint density at radius 1 is 1.25 bits per heavy atom. The Hall–Kier alpha value is -1.49. The topological polar surface area (TPSA) is 55.4 Å². The van der Waals surface area contributed by atoms with E-state index in [1.807, 2.05) is 45.0 Å². The molecule has 0 fully saturated rings. The average Bonchev–Trinajstić information content (AvgIpc) is 2.28. The summed E-state index contributed by atoms with van der Waals surface area (Å²) in [6.45, 7) is 7.02. The number of anilines is 1. The lowest BCUT2D eigenvalue weighted by molar-refractivity contribution is -0.109. The molecule has 1 rings (SSSR count). The molecule has 0 aromatic heterocycles. The summed E-state index contributed by atoms with van der Waals surface area (Å²) >= 11 is 1.28. The van der Waals surface area contributed by atoms with E-state index in [2.05, 4.69) is 5.32 Å². The van der Waals surface area contributed by atoms with Crippen LogP contribution >= 0.6 is 11.8 Å². The molecule has 0 saturated carbocycles. The third kappa shape index (κ3) is 6.61. The van der Waals surface area contributed by atoms with Gasteiger partial charge in [-0.05, 0) is 38.8 Å². The van der Waals surface area contributed by atoms with Crippen LogP contribution in [0.5, 0.6) is 0 Å². The number of para-hydroxylation sites is 1. The Bertz CT molecular complexity index is 480. The highest BCUT2D eigenvalue weighted by molar-refractivity contribution is 8.13. The average molecular weight is 295 g/mol. The van der Waals surface area contributed by atoms with Crippen LogP contribution in [0.3, 0.4) is 0 Å². The van der Waals surface area contributed by atoms with Crippen molar-refractivity contribution >= 4 is 28.7 Å². The van der Waals surface area contributed by atoms with Crippen LogP contribution in [0.2, 0.25) is 0 Å². The molecule has 110 valence electrons. The van der Waals surface area contributed by atoms with Gasteiger partial charge in [0.15, 0.2) is 5.12 Å². The lowest BCUT2D eigenvalue weighted by Crippen LogP contribution is -2.27. The Balaban J connectivity index is 2.65. The quantitative estimate of drug-likeness (QED) is 0.916. The van der Waals surface area contributed by atoms with Crippen molar-refractivity contribution in [2.75, 3.05) is 11.1 Å². The highest BCUT2D eigenvalue weighted by Crippen LogP contribution is 2.19. The molecule has 0 atom stereocenters. The van der Waals surface area contributed by atoms with Gasteiger partial charge in [-0.25, -0.2) is 4.79 Å². The third-order valence-electron chi connectivity index (χ3n) is 2.33. The number of hydrogen-bond donors (Lipinski definition) is 1. The molecule has 0 saturated heterocycles. The number of rotatable bonds is 4. The zero-order valence-electron chi connectivity index (χ0n) is 12.4. The SMILES string of the molecule is CC(=O)SCCc1ccccc1NC(=O)OC(C)(C)C. The highest BCUT2D eigenvalue weighted by atomic mass is 32.2. The number of hydrogen-bond acceptors (Lipinski definition) is 4. The summed E-state index contributed by atoms with van der Waals surface area (Å²) in [5.74, 6) is 0.697. The van der Waals surface area contributed by atoms with Crippen LogP contribution in [-0.4, -0.2) is 22.6 Å². The fourth-order valence-electron chi connectivity index (χ4n) is 1.58. The first-order chi connectivity index (χ1) is 9.28. The van der Waals surface area contributed by atoms with Crippen LogP contribution in [0, 0.1) is 0 Å². The summed E-state index contributed by atoms with van der Waals surface area (Å²) in [5.41, 5.74) is 1.20. The van der Waals surface area contributed by atoms with E-state index < -0.39 is 11.7 Å². The van der Waals surface area contributed by atoms with Crippen LogP contribution < -0.4 is 5.32 Å². The van der Waals surface area contributed by atoms with Crippen molar-refractivity contribution in [1.29, 1.82) is 0 Å². The van der Waals surface area contributed by atoms with E-state index in [0.29, 0.717) is 5.75 Å². The van der Waals surface area contributed by atoms with E-state index in [9.17, 15) is 9.59 Å². The summed E-state index contributed by atoms with van der Waals surface area (Å²) in [7, 11) is 0. The monoisotopic (exact) mass is 295 g/mol. The number of benzene rings is 1. The predicted molar refractivity (Wildman–Crippen MR) is 83.1 cm³/mol. The second-order valence-corrected chi connectivity index (χ2v) is 6.65. The van der Waals surface area contributed by atoms with Crippen LogP contribution in [0.4, 0.5) is 10.5 Å². The lowest BCUT2D eigenvalue weighted by Gasteiger charge is -2.20. The molecule has 1 amide bonds. The van der Waals surface area contributed by atoms with E-state index in [4.69, 9.17) is 4.74 Å². The molecule has 0 aliphatic rings. The summed E-state index contributed by atoms with van der Waals surface area (Å²) in [5, 5.41) is 2.85. The number of amides is 1. The molecule has 4 nitrogen and oxygen atoms in total. The predicted octanol–water partition coefficient (Wildman–Crippen LogP) is 3.86. The van der Waals surface area contributed by atoms with Crippen LogP contribution in [0.1, 0.15) is 33.3 Å². The first kappa shape index (κ1) is 16.6. The summed E-state index contributed by atoms with van der Waals surface area (Å²) in [4.78, 5) is 22.7. The number of carbonyl (C=O) groups excluding carboxylic acids is 2. The van der Waals surface area contributed by atoms with Crippen molar-refractivity contribution in [2.24, 2.45) is 0 Å². The van der Waals surface area contributed by atoms with Gasteiger partial charge in [0.05, 0.1) is 0 Å². The van der Waals surface area contributed by atoms with Gasteiger partial charge in [-0.2, -0.15) is 0 Å². The Kier molecular flexibility index (Phi) is 6.07. The number of nitrogens with one attached hydrogen (secondary N) is 1. The molecule has 1 aromatic rings. The molecule has 5 heteroatoms. The fourth-order valence-corrected chi connectivity index (χ4v) is 2.19. The number of carbonyl (C=O) groups is 2. The van der Waals surface area contributed by atoms with Gasteiger partial charge >= 0.3 is 6.09 Å². The maximum absolute atomic E-state index is 11.8. The molecule has 20 heavy (non-hydrogen) atoms. The maximum Gasteiger partial charge on any atom is 0.412 e. The second-order valence-electron chi connectivity index (χ2n) is 5.37. The van der Waals surface area contributed by atoms with Crippen molar-refractivity contribution in [2.45, 2.75) is 39.7 Å². The van der Waals surface area contributed by atoms with Crippen LogP contribution in [0.25, 0.3) is 0 Å². The van der Waals surface area contributed by atoms with E-state index in [0.717, 1.165) is 17.7 Å². The summed E-state index contributed by atoms with van der Waals surface area (Å²) in [6.07, 6.45) is 0.250. The fraction of sp³-hybridized carbons (Fsp3) is 0.467. The first-order valence-electron chi connectivity index (χ1n) is 6.49. The van der Waals surface area contributed by atoms with E-state index in [-0.39, 0.29) is 5.12 Å². The summed E-state index contributed by atoms with van der Waals surface area (Å²) in [6, 6.07) is 7.54. The lowest BCUT2D eigenvalue weighted by atomic mass is 10.1. The molecule has 0 spiro atoms. The van der Waals surface area contributed by atoms with Crippen molar-refractivity contribution in [3.8, 4) is 0 Å². The van der Waals surface area contributed by atoms with E-state index in [1.165, 1.54) is 11.8 Å². The van der Waals surface area contributed by atoms with Gasteiger partial charge in [0.1, 0.15) is 5.60 Å². The molecule has 0 unspecified atom stereocenters. The molecule has 0 bridgehead atoms. The Labute approximate surface area is 124 Å². The standard InChI is InChI=1S/C15H21NO3S/c1-11(17)20-10-9-12-7-5-6-8-13(12)16-14(18)19-15(2,3)4/h5-8H,9-10H2,1-4H3,(H,16,18). The van der Waals surface area contributed by atoms with Crippen molar-refractivity contribution in [1.82, 2.24) is 0 Å². The number of ether oxygens (including phenoxy) is 1. The molecular formula is C15H21NO3S. The number of aryl methyl sites for hydroxylation is 1. The molecule has 1 N–H and O–H groups in total. The van der Waals surface area contributed by atoms with Gasteiger partial charge in [0.25, 0.3) is 0 Å². The van der Waals surface area contributed by atoms with Gasteiger partial charge in [0.2, 0.25) is 0 Å². The first-order valence-corrected chi connectivity index (χ1v) is 7.48. The van der Waals surface area contributed by atoms with Crippen molar-refractivity contribution < 1.29 is 14.3 Å². The molecule has 0 aliphatic heterocycles. The zero-order chi connectivity index (χ0) is 15.2. The van der Waals surface area contributed by atoms with Crippen LogP contribution in [0.15, 0.2) is 24.3 Å². The van der Waals surface area contributed by atoms with Gasteiger partial charge in [-0.1, -0.05) is 30.0 Å². The van der Waals surface area contributed by atoms with Gasteiger partial charge in [-0.3, -0.25) is 10.1 Å². The molecule has 0 radical (unpaired) electrons. The largest absolute Gasteiger partial charge is 0.444 e. The maximum atomic E-state index is 11.8. The third-order valence-corrected chi connectivity index (χ3v) is 3.14. The molecule has 0 heterocycles. The minimum atomic E-state index is -0.524. The zero-order valence-corrected chi connectivity index (χ0v) is 13.2. The number of thioether (sulfide) groups is 1. The van der Waals surface area contributed by atoms with Crippen molar-refractivity contribution in [3.63, 3.8) is 0 Å². The highest BCUT2D eigenvalue weighted by Gasteiger charge is 2.17. The Morgan fingerprint density at radius 3 is 2.50 bits per heavy atom. The minimum Gasteiger partial charge on any atom is -0.444 e. The smallest absolute Gasteiger partial charge is 0.412 e. The van der Waals surface area contributed by atoms with E-state index >= 15 is 0 Å². The van der Waals surface area contributed by atoms with Gasteiger partial charge in [-0.15, -0.1) is 0 Å². The van der Waals surface area contributed by atoms with Crippen molar-refractivity contribution in [3.05, 3.63) is 29.8 Å². The Morgan fingerprint density at radius 2 is 1.90 bits per heavy atom. The van der Waals surface area contributed by atoms with E-state index in [1.54, 1.807) is 6.92 Å². The molecule has 0 aliphatic carbocycles. The van der Waals surface area contributed by atoms with Crippen LogP contribution in [-0.2, 0) is 16.0 Å². The van der Waals surface area contributed by atoms with Gasteiger partial charge in [0, 0.05) is 18.4 Å². The van der Waals surface area contributed by atoms with Gasteiger partial charge < -0.3 is 4.74 Å². The molecule has 1 aromatic carbocycles. The summed E-state index contributed by atoms with van der Waals surface area (Å²) < 4.78 is 5.23. The molecular weight excluding hydrogens is 274 g/mol. The minimum absolute atomic E-state index is 0.0996. The second kappa shape index (κ2) is 7.33.